The summed E-state index contributed by atoms with van der Waals surface area (Å²) >= 11 is 0. The largest absolute Gasteiger partial charge is 0.347 e. The van der Waals surface area contributed by atoms with E-state index in [1.807, 2.05) is 0 Å². The summed E-state index contributed by atoms with van der Waals surface area (Å²) in [5.74, 6) is 0.457. The van der Waals surface area contributed by atoms with E-state index in [4.69, 9.17) is 15.2 Å². The van der Waals surface area contributed by atoms with Gasteiger partial charge >= 0.3 is 0 Å². The van der Waals surface area contributed by atoms with Gasteiger partial charge in [0.15, 0.2) is 5.79 Å². The van der Waals surface area contributed by atoms with E-state index < -0.39 is 0 Å². The van der Waals surface area contributed by atoms with Crippen LogP contribution in [-0.4, -0.2) is 49.1 Å². The summed E-state index contributed by atoms with van der Waals surface area (Å²) in [6.07, 6.45) is 6.19. The Kier molecular flexibility index (Phi) is 3.63. The third-order valence-corrected chi connectivity index (χ3v) is 4.79. The lowest BCUT2D eigenvalue weighted by Gasteiger charge is -2.24. The van der Waals surface area contributed by atoms with E-state index >= 15 is 0 Å². The Labute approximate surface area is 110 Å². The third-order valence-electron chi connectivity index (χ3n) is 4.79. The molecule has 0 aromatic carbocycles. The van der Waals surface area contributed by atoms with Crippen molar-refractivity contribution < 1.29 is 9.47 Å². The summed E-state index contributed by atoms with van der Waals surface area (Å²) in [5, 5.41) is 0. The van der Waals surface area contributed by atoms with Gasteiger partial charge in [0.25, 0.3) is 0 Å². The molecule has 1 spiro atoms. The van der Waals surface area contributed by atoms with Crippen molar-refractivity contribution in [3.8, 4) is 0 Å². The molecule has 3 fully saturated rings. The minimum Gasteiger partial charge on any atom is -0.347 e. The first-order chi connectivity index (χ1) is 8.67. The van der Waals surface area contributed by atoms with Crippen LogP contribution in [0.5, 0.6) is 0 Å². The van der Waals surface area contributed by atoms with Gasteiger partial charge in [-0.15, -0.1) is 0 Å². The molecule has 1 aliphatic carbocycles. The fourth-order valence-corrected chi connectivity index (χ4v) is 3.63. The molecule has 2 aliphatic heterocycles. The van der Waals surface area contributed by atoms with Gasteiger partial charge in [-0.2, -0.15) is 0 Å². The molecule has 104 valence electrons. The monoisotopic (exact) mass is 254 g/mol. The first-order valence-corrected chi connectivity index (χ1v) is 7.47. The van der Waals surface area contributed by atoms with Crippen molar-refractivity contribution in [2.24, 2.45) is 11.7 Å². The maximum atomic E-state index is 6.17. The lowest BCUT2D eigenvalue weighted by molar-refractivity contribution is -0.163. The Bertz CT molecular complexity index is 290. The maximum absolute atomic E-state index is 6.17. The number of likely N-dealkylation sites (tertiary alicyclic amines) is 1. The Hall–Kier alpha value is -0.160. The zero-order valence-electron chi connectivity index (χ0n) is 11.4. The van der Waals surface area contributed by atoms with Crippen LogP contribution in [0.3, 0.4) is 0 Å². The molecular weight excluding hydrogens is 228 g/mol. The molecule has 3 aliphatic rings. The normalized spacial score (nSPS) is 37.7. The van der Waals surface area contributed by atoms with Gasteiger partial charge in [0.05, 0.1) is 12.7 Å². The molecule has 1 saturated carbocycles. The summed E-state index contributed by atoms with van der Waals surface area (Å²) < 4.78 is 12.1. The van der Waals surface area contributed by atoms with Crippen molar-refractivity contribution in [1.29, 1.82) is 0 Å². The van der Waals surface area contributed by atoms with E-state index in [1.54, 1.807) is 0 Å². The Morgan fingerprint density at radius 1 is 1.39 bits per heavy atom. The standard InChI is InChI=1S/C14H26N2O2/c1-11(15)12-4-7-16(8-12)9-13-10-17-14(18-13)5-2-3-6-14/h11-13H,2-10,15H2,1H3. The van der Waals surface area contributed by atoms with Crippen LogP contribution in [-0.2, 0) is 9.47 Å². The van der Waals surface area contributed by atoms with Crippen LogP contribution < -0.4 is 5.73 Å². The molecule has 18 heavy (non-hydrogen) atoms. The van der Waals surface area contributed by atoms with Crippen LogP contribution in [0.2, 0.25) is 0 Å². The van der Waals surface area contributed by atoms with Crippen molar-refractivity contribution >= 4 is 0 Å². The SMILES string of the molecule is CC(N)C1CCN(CC2COC3(CCCC3)O2)C1. The number of nitrogens with two attached hydrogens (primary N) is 1. The summed E-state index contributed by atoms with van der Waals surface area (Å²) in [6, 6.07) is 0.317. The fourth-order valence-electron chi connectivity index (χ4n) is 3.63. The van der Waals surface area contributed by atoms with Gasteiger partial charge in [0.2, 0.25) is 0 Å². The highest BCUT2D eigenvalue weighted by Crippen LogP contribution is 2.39. The lowest BCUT2D eigenvalue weighted by Crippen LogP contribution is -2.36. The molecule has 0 aromatic heterocycles. The van der Waals surface area contributed by atoms with E-state index in [0.29, 0.717) is 12.0 Å². The van der Waals surface area contributed by atoms with Crippen LogP contribution in [0.4, 0.5) is 0 Å². The number of hydrogen-bond acceptors (Lipinski definition) is 4. The highest BCUT2D eigenvalue weighted by atomic mass is 16.7. The molecule has 2 N–H and O–H groups in total. The van der Waals surface area contributed by atoms with Crippen molar-refractivity contribution in [3.63, 3.8) is 0 Å². The summed E-state index contributed by atoms with van der Waals surface area (Å²) in [7, 11) is 0. The van der Waals surface area contributed by atoms with E-state index in [0.717, 1.165) is 32.5 Å². The van der Waals surface area contributed by atoms with E-state index in [1.165, 1.54) is 25.8 Å². The van der Waals surface area contributed by atoms with Gasteiger partial charge in [-0.3, -0.25) is 0 Å². The number of nitrogens with zero attached hydrogens (tertiary/aromatic N) is 1. The van der Waals surface area contributed by atoms with Crippen molar-refractivity contribution in [1.82, 2.24) is 4.90 Å². The molecule has 0 aromatic rings. The smallest absolute Gasteiger partial charge is 0.168 e. The average molecular weight is 254 g/mol. The highest BCUT2D eigenvalue weighted by molar-refractivity contribution is 4.87. The summed E-state index contributed by atoms with van der Waals surface area (Å²) in [6.45, 7) is 6.21. The molecule has 0 amide bonds. The summed E-state index contributed by atoms with van der Waals surface area (Å²) in [4.78, 5) is 2.50. The lowest BCUT2D eigenvalue weighted by atomic mass is 10.0. The molecule has 2 heterocycles. The van der Waals surface area contributed by atoms with Crippen molar-refractivity contribution in [3.05, 3.63) is 0 Å². The molecule has 4 nitrogen and oxygen atoms in total. The molecule has 4 heteroatoms. The van der Waals surface area contributed by atoms with Gasteiger partial charge < -0.3 is 20.1 Å². The first kappa shape index (κ1) is 12.9. The van der Waals surface area contributed by atoms with E-state index in [9.17, 15) is 0 Å². The molecule has 3 unspecified atom stereocenters. The Balaban J connectivity index is 1.47. The number of rotatable bonds is 3. The van der Waals surface area contributed by atoms with Gasteiger partial charge in [-0.05, 0) is 38.6 Å². The number of hydrogen-bond donors (Lipinski definition) is 1. The summed E-state index contributed by atoms with van der Waals surface area (Å²) in [5.41, 5.74) is 5.98. The van der Waals surface area contributed by atoms with E-state index in [2.05, 4.69) is 11.8 Å². The van der Waals surface area contributed by atoms with E-state index in [-0.39, 0.29) is 11.9 Å². The second-order valence-electron chi connectivity index (χ2n) is 6.34. The Morgan fingerprint density at radius 3 is 2.83 bits per heavy atom. The van der Waals surface area contributed by atoms with Gasteiger partial charge in [-0.25, -0.2) is 0 Å². The molecular formula is C14H26N2O2. The van der Waals surface area contributed by atoms with Gasteiger partial charge in [0.1, 0.15) is 0 Å². The van der Waals surface area contributed by atoms with Gasteiger partial charge in [0, 0.05) is 32.0 Å². The van der Waals surface area contributed by atoms with Gasteiger partial charge in [-0.1, -0.05) is 0 Å². The maximum Gasteiger partial charge on any atom is 0.168 e. The molecule has 0 radical (unpaired) electrons. The Morgan fingerprint density at radius 2 is 2.17 bits per heavy atom. The molecule has 3 atom stereocenters. The third kappa shape index (κ3) is 2.57. The second kappa shape index (κ2) is 5.08. The second-order valence-corrected chi connectivity index (χ2v) is 6.34. The van der Waals surface area contributed by atoms with Crippen molar-refractivity contribution in [2.75, 3.05) is 26.2 Å². The van der Waals surface area contributed by atoms with Crippen molar-refractivity contribution in [2.45, 2.75) is 57.0 Å². The molecule has 0 bridgehead atoms. The fraction of sp³-hybridized carbons (Fsp3) is 1.00. The zero-order valence-corrected chi connectivity index (χ0v) is 11.4. The topological polar surface area (TPSA) is 47.7 Å². The van der Waals surface area contributed by atoms with Crippen LogP contribution in [0.15, 0.2) is 0 Å². The molecule has 3 rings (SSSR count). The first-order valence-electron chi connectivity index (χ1n) is 7.47. The van der Waals surface area contributed by atoms with Crippen LogP contribution in [0, 0.1) is 5.92 Å². The average Bonchev–Trinajstić information content (AvgIpc) is 3.03. The van der Waals surface area contributed by atoms with Crippen LogP contribution >= 0.6 is 0 Å². The minimum absolute atomic E-state index is 0.203. The number of ether oxygens (including phenoxy) is 2. The predicted molar refractivity (Wildman–Crippen MR) is 70.2 cm³/mol. The van der Waals surface area contributed by atoms with Crippen LogP contribution in [0.1, 0.15) is 39.0 Å². The minimum atomic E-state index is -0.203. The zero-order chi connectivity index (χ0) is 12.6. The highest BCUT2D eigenvalue weighted by Gasteiger charge is 2.44. The predicted octanol–water partition coefficient (Wildman–Crippen LogP) is 1.34. The molecule has 2 saturated heterocycles. The van der Waals surface area contributed by atoms with Crippen LogP contribution in [0.25, 0.3) is 0 Å². The quantitative estimate of drug-likeness (QED) is 0.825.